The van der Waals surface area contributed by atoms with E-state index in [4.69, 9.17) is 4.74 Å². The van der Waals surface area contributed by atoms with Crippen molar-refractivity contribution in [1.82, 2.24) is 10.6 Å². The number of benzene rings is 3. The van der Waals surface area contributed by atoms with Crippen molar-refractivity contribution < 1.29 is 22.7 Å². The molecule has 10 heteroatoms. The van der Waals surface area contributed by atoms with Gasteiger partial charge < -0.3 is 20.7 Å². The number of carbonyl (C=O) groups is 2. The fraction of sp³-hybridized carbons (Fsp3) is 0.130. The van der Waals surface area contributed by atoms with E-state index in [-0.39, 0.29) is 17.1 Å². The second kappa shape index (κ2) is 11.0. The summed E-state index contributed by atoms with van der Waals surface area (Å²) in [5, 5.41) is 7.68. The molecule has 3 aromatic carbocycles. The first-order valence-corrected chi connectivity index (χ1v) is 11.5. The number of urea groups is 1. The van der Waals surface area contributed by atoms with Crippen LogP contribution in [0.3, 0.4) is 0 Å². The molecular weight excluding hydrogens is 444 g/mol. The van der Waals surface area contributed by atoms with Gasteiger partial charge in [0.05, 0.1) is 18.6 Å². The maximum absolute atomic E-state index is 12.7. The van der Waals surface area contributed by atoms with Gasteiger partial charge in [-0.25, -0.2) is 13.2 Å². The van der Waals surface area contributed by atoms with Gasteiger partial charge in [0.15, 0.2) is 0 Å². The van der Waals surface area contributed by atoms with E-state index in [1.165, 1.54) is 25.3 Å². The lowest BCUT2D eigenvalue weighted by molar-refractivity contribution is -0.115. The Hall–Kier alpha value is -4.05. The number of carbonyl (C=O) groups excluding carboxylic acids is 2. The van der Waals surface area contributed by atoms with Crippen molar-refractivity contribution in [3.63, 3.8) is 0 Å². The highest BCUT2D eigenvalue weighted by Crippen LogP contribution is 2.21. The summed E-state index contributed by atoms with van der Waals surface area (Å²) in [6.07, 6.45) is 0. The molecule has 0 unspecified atom stereocenters. The normalized spacial score (nSPS) is 10.7. The minimum Gasteiger partial charge on any atom is -0.497 e. The van der Waals surface area contributed by atoms with Crippen LogP contribution in [-0.2, 0) is 21.4 Å². The van der Waals surface area contributed by atoms with Gasteiger partial charge in [-0.3, -0.25) is 9.52 Å². The predicted octanol–water partition coefficient (Wildman–Crippen LogP) is 2.93. The second-order valence-corrected chi connectivity index (χ2v) is 8.61. The molecule has 0 aliphatic rings. The van der Waals surface area contributed by atoms with Crippen LogP contribution in [-0.4, -0.2) is 34.0 Å². The Kier molecular flexibility index (Phi) is 7.87. The van der Waals surface area contributed by atoms with Crippen LogP contribution in [0.4, 0.5) is 16.2 Å². The quantitative estimate of drug-likeness (QED) is 0.384. The van der Waals surface area contributed by atoms with Crippen molar-refractivity contribution in [2.24, 2.45) is 0 Å². The molecule has 0 heterocycles. The molecular formula is C23H24N4O5S. The minimum absolute atomic E-state index is 0.0234. The van der Waals surface area contributed by atoms with Crippen molar-refractivity contribution >= 4 is 33.3 Å². The summed E-state index contributed by atoms with van der Waals surface area (Å²) in [6.45, 7) is 0.0527. The lowest BCUT2D eigenvalue weighted by Gasteiger charge is -2.11. The first-order valence-electron chi connectivity index (χ1n) is 9.98. The zero-order valence-electron chi connectivity index (χ0n) is 17.9. The van der Waals surface area contributed by atoms with Gasteiger partial charge in [-0.15, -0.1) is 0 Å². The van der Waals surface area contributed by atoms with Gasteiger partial charge in [0.1, 0.15) is 5.75 Å². The Morgan fingerprint density at radius 2 is 1.58 bits per heavy atom. The van der Waals surface area contributed by atoms with E-state index in [9.17, 15) is 18.0 Å². The van der Waals surface area contributed by atoms with Crippen molar-refractivity contribution in [2.45, 2.75) is 11.4 Å². The third-order valence-electron chi connectivity index (χ3n) is 4.48. The summed E-state index contributed by atoms with van der Waals surface area (Å²) in [6, 6.07) is 21.1. The average Bonchev–Trinajstić information content (AvgIpc) is 2.82. The first kappa shape index (κ1) is 23.6. The molecule has 3 rings (SSSR count). The molecule has 172 valence electrons. The van der Waals surface area contributed by atoms with Gasteiger partial charge in [0.25, 0.3) is 10.0 Å². The number of amides is 3. The van der Waals surface area contributed by atoms with Crippen LogP contribution < -0.4 is 25.4 Å². The summed E-state index contributed by atoms with van der Waals surface area (Å²) in [5.74, 6) is 0.104. The molecule has 0 bridgehead atoms. The highest BCUT2D eigenvalue weighted by atomic mass is 32.2. The Balaban J connectivity index is 1.52. The molecule has 4 N–H and O–H groups in total. The zero-order valence-corrected chi connectivity index (χ0v) is 18.7. The molecule has 0 saturated carbocycles. The monoisotopic (exact) mass is 468 g/mol. The Bertz CT molecular complexity index is 1200. The summed E-state index contributed by atoms with van der Waals surface area (Å²) in [5.41, 5.74) is 1.58. The minimum atomic E-state index is -3.87. The van der Waals surface area contributed by atoms with Crippen LogP contribution in [0.5, 0.6) is 5.75 Å². The van der Waals surface area contributed by atoms with E-state index < -0.39 is 22.0 Å². The smallest absolute Gasteiger partial charge is 0.315 e. The SMILES string of the molecule is COc1ccc(NS(=O)(=O)c2cccc(NC(=O)CNC(=O)NCc3ccccc3)c2)cc1. The topological polar surface area (TPSA) is 126 Å². The molecule has 0 radical (unpaired) electrons. The number of anilines is 2. The molecule has 0 spiro atoms. The number of hydrogen-bond donors (Lipinski definition) is 4. The van der Waals surface area contributed by atoms with E-state index in [0.29, 0.717) is 18.0 Å². The summed E-state index contributed by atoms with van der Waals surface area (Å²) in [7, 11) is -2.35. The fourth-order valence-electron chi connectivity index (χ4n) is 2.82. The van der Waals surface area contributed by atoms with E-state index in [1.54, 1.807) is 30.3 Å². The van der Waals surface area contributed by atoms with Crippen LogP contribution in [0.15, 0.2) is 83.8 Å². The number of rotatable bonds is 9. The Labute approximate surface area is 192 Å². The van der Waals surface area contributed by atoms with E-state index in [2.05, 4.69) is 20.7 Å². The maximum atomic E-state index is 12.7. The number of hydrogen-bond acceptors (Lipinski definition) is 5. The predicted molar refractivity (Wildman–Crippen MR) is 126 cm³/mol. The lowest BCUT2D eigenvalue weighted by atomic mass is 10.2. The molecule has 33 heavy (non-hydrogen) atoms. The van der Waals surface area contributed by atoms with Crippen LogP contribution in [0.2, 0.25) is 0 Å². The fourth-order valence-corrected chi connectivity index (χ4v) is 3.92. The van der Waals surface area contributed by atoms with Crippen LogP contribution in [0.1, 0.15) is 5.56 Å². The average molecular weight is 469 g/mol. The van der Waals surface area contributed by atoms with Crippen LogP contribution >= 0.6 is 0 Å². The highest BCUT2D eigenvalue weighted by Gasteiger charge is 2.15. The number of ether oxygens (including phenoxy) is 1. The standard InChI is InChI=1S/C23H24N4O5S/c1-32-20-12-10-18(11-13-20)27-33(30,31)21-9-5-8-19(14-21)26-22(28)16-25-23(29)24-15-17-6-3-2-4-7-17/h2-14,27H,15-16H2,1H3,(H,26,28)(H2,24,25,29). The van der Waals surface area contributed by atoms with Gasteiger partial charge in [-0.05, 0) is 48.0 Å². The van der Waals surface area contributed by atoms with E-state index in [1.807, 2.05) is 30.3 Å². The molecule has 3 aromatic rings. The number of methoxy groups -OCH3 is 1. The van der Waals surface area contributed by atoms with Crippen molar-refractivity contribution in [1.29, 1.82) is 0 Å². The Morgan fingerprint density at radius 1 is 0.848 bits per heavy atom. The molecule has 3 amide bonds. The molecule has 0 fully saturated rings. The molecule has 0 aromatic heterocycles. The highest BCUT2D eigenvalue weighted by molar-refractivity contribution is 7.92. The van der Waals surface area contributed by atoms with Gasteiger partial charge >= 0.3 is 6.03 Å². The Morgan fingerprint density at radius 3 is 2.27 bits per heavy atom. The molecule has 0 saturated heterocycles. The number of nitrogens with one attached hydrogen (secondary N) is 4. The first-order chi connectivity index (χ1) is 15.9. The molecule has 9 nitrogen and oxygen atoms in total. The summed E-state index contributed by atoms with van der Waals surface area (Å²) in [4.78, 5) is 24.0. The molecule has 0 aliphatic heterocycles. The van der Waals surface area contributed by atoms with Crippen LogP contribution in [0.25, 0.3) is 0 Å². The van der Waals surface area contributed by atoms with E-state index in [0.717, 1.165) is 5.56 Å². The van der Waals surface area contributed by atoms with Gasteiger partial charge in [0, 0.05) is 17.9 Å². The summed E-state index contributed by atoms with van der Waals surface area (Å²) < 4.78 is 32.9. The van der Waals surface area contributed by atoms with Crippen molar-refractivity contribution in [3.05, 3.63) is 84.4 Å². The third-order valence-corrected chi connectivity index (χ3v) is 5.85. The molecule has 0 aliphatic carbocycles. The second-order valence-electron chi connectivity index (χ2n) is 6.93. The summed E-state index contributed by atoms with van der Waals surface area (Å²) >= 11 is 0. The van der Waals surface area contributed by atoms with Crippen molar-refractivity contribution in [3.8, 4) is 5.75 Å². The zero-order chi connectivity index (χ0) is 23.7. The van der Waals surface area contributed by atoms with Gasteiger partial charge in [0.2, 0.25) is 5.91 Å². The maximum Gasteiger partial charge on any atom is 0.315 e. The largest absolute Gasteiger partial charge is 0.497 e. The van der Waals surface area contributed by atoms with Crippen molar-refractivity contribution in [2.75, 3.05) is 23.7 Å². The van der Waals surface area contributed by atoms with E-state index >= 15 is 0 Å². The van der Waals surface area contributed by atoms with Gasteiger partial charge in [-0.2, -0.15) is 0 Å². The lowest BCUT2D eigenvalue weighted by Crippen LogP contribution is -2.39. The van der Waals surface area contributed by atoms with Gasteiger partial charge in [-0.1, -0.05) is 36.4 Å². The molecule has 0 atom stereocenters. The van der Waals surface area contributed by atoms with Crippen LogP contribution in [0, 0.1) is 0 Å². The third kappa shape index (κ3) is 7.25. The number of sulfonamides is 1.